The SMILES string of the molecule is CCCCC1/C2=C(\C(=O)C(C)CCCCCC(=O)C1C)C1CCCC(N)(C1)C(=O)C1(N)CCCC21. The van der Waals surface area contributed by atoms with Crippen molar-refractivity contribution in [3.63, 3.8) is 0 Å². The van der Waals surface area contributed by atoms with Gasteiger partial charge in [-0.05, 0) is 68.8 Å². The number of fused-ring (bicyclic) bond motifs is 5. The zero-order valence-corrected chi connectivity index (χ0v) is 22.4. The quantitative estimate of drug-likeness (QED) is 0.556. The molecule has 7 unspecified atom stereocenters. The maximum Gasteiger partial charge on any atom is 0.172 e. The number of hydrogen-bond donors (Lipinski definition) is 2. The lowest BCUT2D eigenvalue weighted by Gasteiger charge is -2.49. The van der Waals surface area contributed by atoms with Crippen LogP contribution in [0.25, 0.3) is 0 Å². The Morgan fingerprint density at radius 2 is 1.66 bits per heavy atom. The van der Waals surface area contributed by atoms with E-state index in [4.69, 9.17) is 11.5 Å². The monoisotopic (exact) mass is 484 g/mol. The third-order valence-electron chi connectivity index (χ3n) is 10.1. The van der Waals surface area contributed by atoms with E-state index >= 15 is 0 Å². The van der Waals surface area contributed by atoms with E-state index in [0.29, 0.717) is 31.5 Å². The van der Waals surface area contributed by atoms with E-state index in [2.05, 4.69) is 20.8 Å². The van der Waals surface area contributed by atoms with Gasteiger partial charge in [0.15, 0.2) is 11.6 Å². The summed E-state index contributed by atoms with van der Waals surface area (Å²) in [6.45, 7) is 6.34. The van der Waals surface area contributed by atoms with Crippen molar-refractivity contribution >= 4 is 17.3 Å². The summed E-state index contributed by atoms with van der Waals surface area (Å²) in [5.74, 6) is 0.189. The van der Waals surface area contributed by atoms with Crippen LogP contribution in [-0.2, 0) is 14.4 Å². The lowest BCUT2D eigenvalue weighted by atomic mass is 9.57. The number of allylic oxidation sites excluding steroid dienone is 1. The van der Waals surface area contributed by atoms with Gasteiger partial charge in [0.2, 0.25) is 0 Å². The second-order valence-electron chi connectivity index (χ2n) is 12.5. The molecule has 4 aliphatic carbocycles. The maximum absolute atomic E-state index is 14.3. The molecule has 0 amide bonds. The maximum atomic E-state index is 14.3. The van der Waals surface area contributed by atoms with Gasteiger partial charge in [-0.1, -0.05) is 64.9 Å². The molecule has 4 aliphatic rings. The Balaban J connectivity index is 1.98. The minimum absolute atomic E-state index is 0.00201. The van der Waals surface area contributed by atoms with Gasteiger partial charge in [-0.25, -0.2) is 0 Å². The van der Waals surface area contributed by atoms with Crippen molar-refractivity contribution < 1.29 is 14.4 Å². The van der Waals surface area contributed by atoms with Crippen LogP contribution < -0.4 is 11.5 Å². The van der Waals surface area contributed by atoms with E-state index in [-0.39, 0.29) is 41.2 Å². The first kappa shape index (κ1) is 26.7. The summed E-state index contributed by atoms with van der Waals surface area (Å²) in [6, 6.07) is 0. The number of carbonyl (C=O) groups excluding carboxylic acids is 3. The predicted molar refractivity (Wildman–Crippen MR) is 140 cm³/mol. The van der Waals surface area contributed by atoms with Gasteiger partial charge in [-0.2, -0.15) is 0 Å². The number of carbonyl (C=O) groups is 3. The Hall–Kier alpha value is -1.33. The summed E-state index contributed by atoms with van der Waals surface area (Å²) < 4.78 is 0. The van der Waals surface area contributed by atoms with Crippen LogP contribution in [0.5, 0.6) is 0 Å². The molecule has 2 saturated carbocycles. The topological polar surface area (TPSA) is 103 Å². The van der Waals surface area contributed by atoms with Crippen molar-refractivity contribution in [2.75, 3.05) is 0 Å². The van der Waals surface area contributed by atoms with Crippen LogP contribution >= 0.6 is 0 Å². The molecule has 0 aromatic rings. The molecule has 2 bridgehead atoms. The molecule has 5 nitrogen and oxygen atoms in total. The fourth-order valence-electron chi connectivity index (χ4n) is 8.06. The van der Waals surface area contributed by atoms with Crippen molar-refractivity contribution in [2.45, 2.75) is 128 Å². The molecule has 0 spiro atoms. The Bertz CT molecular complexity index is 879. The Labute approximate surface area is 212 Å². The smallest absolute Gasteiger partial charge is 0.172 e. The molecular formula is C30H48N2O3. The fraction of sp³-hybridized carbons (Fsp3) is 0.833. The molecule has 35 heavy (non-hydrogen) atoms. The van der Waals surface area contributed by atoms with E-state index in [9.17, 15) is 14.4 Å². The zero-order valence-electron chi connectivity index (χ0n) is 22.4. The van der Waals surface area contributed by atoms with Crippen LogP contribution in [0.1, 0.15) is 117 Å². The lowest BCUT2D eigenvalue weighted by molar-refractivity contribution is -0.133. The summed E-state index contributed by atoms with van der Waals surface area (Å²) in [5.41, 5.74) is 14.1. The van der Waals surface area contributed by atoms with E-state index in [0.717, 1.165) is 81.8 Å². The molecule has 7 atom stereocenters. The van der Waals surface area contributed by atoms with Gasteiger partial charge >= 0.3 is 0 Å². The molecule has 0 saturated heterocycles. The first-order valence-electron chi connectivity index (χ1n) is 14.6. The second kappa shape index (κ2) is 10.6. The van der Waals surface area contributed by atoms with E-state index in [1.807, 2.05) is 0 Å². The van der Waals surface area contributed by atoms with Crippen LogP contribution in [-0.4, -0.2) is 28.4 Å². The molecule has 0 aromatic carbocycles. The van der Waals surface area contributed by atoms with Crippen molar-refractivity contribution in [1.29, 1.82) is 0 Å². The summed E-state index contributed by atoms with van der Waals surface area (Å²) in [7, 11) is 0. The van der Waals surface area contributed by atoms with E-state index in [1.54, 1.807) is 0 Å². The fourth-order valence-corrected chi connectivity index (χ4v) is 8.06. The number of rotatable bonds is 3. The normalized spacial score (nSPS) is 43.5. The van der Waals surface area contributed by atoms with Gasteiger partial charge < -0.3 is 11.5 Å². The molecule has 0 heterocycles. The van der Waals surface area contributed by atoms with E-state index < -0.39 is 11.1 Å². The number of ketones is 3. The van der Waals surface area contributed by atoms with Crippen LogP contribution in [0.3, 0.4) is 0 Å². The second-order valence-corrected chi connectivity index (χ2v) is 12.5. The van der Waals surface area contributed by atoms with Crippen molar-refractivity contribution in [3.05, 3.63) is 11.1 Å². The highest BCUT2D eigenvalue weighted by Gasteiger charge is 2.58. The number of unbranched alkanes of at least 4 members (excludes halogenated alkanes) is 1. The van der Waals surface area contributed by atoms with Crippen LogP contribution in [0.15, 0.2) is 11.1 Å². The van der Waals surface area contributed by atoms with Gasteiger partial charge in [-0.15, -0.1) is 0 Å². The first-order chi connectivity index (χ1) is 16.6. The van der Waals surface area contributed by atoms with Gasteiger partial charge in [0.25, 0.3) is 0 Å². The molecule has 0 aromatic heterocycles. The summed E-state index contributed by atoms with van der Waals surface area (Å²) in [6.07, 6.45) is 12.5. The van der Waals surface area contributed by atoms with Crippen LogP contribution in [0.2, 0.25) is 0 Å². The molecule has 5 heteroatoms. The van der Waals surface area contributed by atoms with Gasteiger partial charge in [-0.3, -0.25) is 14.4 Å². The summed E-state index contributed by atoms with van der Waals surface area (Å²) >= 11 is 0. The van der Waals surface area contributed by atoms with Crippen molar-refractivity contribution in [3.8, 4) is 0 Å². The average Bonchev–Trinajstić information content (AvgIpc) is 3.22. The lowest BCUT2D eigenvalue weighted by Crippen LogP contribution is -2.66. The highest BCUT2D eigenvalue weighted by atomic mass is 16.1. The van der Waals surface area contributed by atoms with Crippen molar-refractivity contribution in [1.82, 2.24) is 0 Å². The van der Waals surface area contributed by atoms with Gasteiger partial charge in [0, 0.05) is 24.2 Å². The number of hydrogen-bond acceptors (Lipinski definition) is 5. The average molecular weight is 485 g/mol. The highest BCUT2D eigenvalue weighted by molar-refractivity contribution is 6.02. The van der Waals surface area contributed by atoms with E-state index in [1.165, 1.54) is 0 Å². The van der Waals surface area contributed by atoms with Crippen molar-refractivity contribution in [2.24, 2.45) is 41.1 Å². The third-order valence-corrected chi connectivity index (χ3v) is 10.1. The molecule has 4 rings (SSSR count). The Morgan fingerprint density at radius 3 is 2.40 bits per heavy atom. The minimum Gasteiger partial charge on any atom is -0.319 e. The molecule has 0 radical (unpaired) electrons. The Morgan fingerprint density at radius 1 is 0.914 bits per heavy atom. The molecule has 4 N–H and O–H groups in total. The molecule has 196 valence electrons. The zero-order chi connectivity index (χ0) is 25.4. The minimum atomic E-state index is -1.02. The predicted octanol–water partition coefficient (Wildman–Crippen LogP) is 5.43. The summed E-state index contributed by atoms with van der Waals surface area (Å²) in [4.78, 5) is 41.9. The third kappa shape index (κ3) is 4.84. The van der Waals surface area contributed by atoms with Crippen LogP contribution in [0, 0.1) is 29.6 Å². The van der Waals surface area contributed by atoms with Crippen LogP contribution in [0.4, 0.5) is 0 Å². The van der Waals surface area contributed by atoms with Gasteiger partial charge in [0.05, 0.1) is 11.1 Å². The summed E-state index contributed by atoms with van der Waals surface area (Å²) in [5, 5.41) is 0. The number of Topliss-reactive ketones (excluding diaryl/α,β-unsaturated/α-hetero) is 3. The largest absolute Gasteiger partial charge is 0.319 e. The molecule has 2 fully saturated rings. The van der Waals surface area contributed by atoms with Gasteiger partial charge in [0.1, 0.15) is 5.78 Å². The standard InChI is InChI=1S/C30H48N2O3/c1-4-5-13-22-20(3)24(33)15-8-6-7-11-19(2)27(34)25-21-12-9-16-29(31,18-21)28(35)30(32)17-10-14-23(30)26(22)25/h19-23H,4-18,31-32H2,1-3H3/b26-25+. The highest BCUT2D eigenvalue weighted by Crippen LogP contribution is 2.53. The molecule has 0 aliphatic heterocycles. The molecular weight excluding hydrogens is 436 g/mol. The Kier molecular flexibility index (Phi) is 8.07. The first-order valence-corrected chi connectivity index (χ1v) is 14.6. The number of nitrogens with two attached hydrogens (primary N) is 2.